The number of rotatable bonds is 29. The molecule has 768 valence electrons. The average Bonchev–Trinajstić information content (AvgIpc) is 1.57. The summed E-state index contributed by atoms with van der Waals surface area (Å²) in [4.78, 5) is 125. The standard InChI is InChI=1S/C53H97N5O14.C44H75N3O14/c1-21-39-52(15)45(58(49(63)72-52)28-40(59)54-22-2)34(9)42(60)32(7)26-50(13,65-19)46(71-48-43(61)38(55(16)17)25-33(8)67-48)35(10)44(36(11)47(62)69-39)70-41-27-51(14,66-20)53(64,37(12)68-41)29-56(18)23-24-57(30(3)4)31(5)6;1-16-30-43(11)36(47(40(52)61-43)21-31(48)45-17-2)25(5)33(49)23(3)19-41(9,53-14)37(60-39-34(50)29(46(12)13)18-24(4)56-39)26(6)35(27(7)38(51)58-30)59-32-20-42(10,54-15)44(22-55-44)28(8)57-32/h30-39,41,43-46,48,61,64H,21-29H2,1-20H3,(H,54,59);23-30,32,34-37,39,50H,16-22H2,1-15H3,(H,45,48)/t32-,33-,34+,35+,36-,37+,38+,39-,41+,43-,44+,45-,46-,48+,50+,51-,52-,53-;23-,24-,25+,26+,27-,28+,29+,30-,32+,34-,35+,36-,37-,39+,41+,42-,43-,44-/m11/s1. The maximum atomic E-state index is 15.1. The van der Waals surface area contributed by atoms with Crippen molar-refractivity contribution < 1.29 is 134 Å². The van der Waals surface area contributed by atoms with Crippen LogP contribution < -0.4 is 10.6 Å². The number of likely N-dealkylation sites (N-methyl/N-ethyl adjacent to an activating group) is 5. The summed E-state index contributed by atoms with van der Waals surface area (Å²) in [5, 5.41) is 41.9. The molecule has 0 aromatic rings. The minimum absolute atomic E-state index is 0.0605. The molecule has 36 nitrogen and oxygen atoms in total. The molecule has 1 spiro atoms. The number of nitrogens with one attached hydrogen (secondary N) is 2. The van der Waals surface area contributed by atoms with Gasteiger partial charge in [-0.15, -0.1) is 0 Å². The van der Waals surface area contributed by atoms with E-state index in [9.17, 15) is 44.1 Å². The van der Waals surface area contributed by atoms with Crippen LogP contribution in [0.15, 0.2) is 0 Å². The molecule has 0 aromatic heterocycles. The Morgan fingerprint density at radius 3 is 1.20 bits per heavy atom. The summed E-state index contributed by atoms with van der Waals surface area (Å²) in [7, 11) is 15.8. The van der Waals surface area contributed by atoms with E-state index in [1.165, 1.54) is 24.0 Å². The molecule has 0 aromatic carbocycles. The Balaban J connectivity index is 0.000000332. The van der Waals surface area contributed by atoms with Gasteiger partial charge in [0, 0.05) is 134 Å². The predicted molar refractivity (Wildman–Crippen MR) is 493 cm³/mol. The molecule has 5 N–H and O–H groups in total. The Labute approximate surface area is 792 Å². The minimum atomic E-state index is -1.57. The van der Waals surface area contributed by atoms with Crippen LogP contribution in [-0.4, -0.2) is 388 Å². The molecule has 9 aliphatic heterocycles. The van der Waals surface area contributed by atoms with Crippen molar-refractivity contribution in [2.45, 2.75) is 411 Å². The van der Waals surface area contributed by atoms with Gasteiger partial charge in [0.05, 0.1) is 90.6 Å². The smallest absolute Gasteiger partial charge is 0.411 e. The van der Waals surface area contributed by atoms with E-state index in [0.29, 0.717) is 51.2 Å². The zero-order valence-electron chi connectivity index (χ0n) is 86.9. The summed E-state index contributed by atoms with van der Waals surface area (Å²) in [5.41, 5.74) is -9.85. The molecule has 9 fully saturated rings. The Morgan fingerprint density at radius 2 is 0.872 bits per heavy atom. The van der Waals surface area contributed by atoms with Crippen LogP contribution in [0.3, 0.4) is 0 Å². The highest BCUT2D eigenvalue weighted by Gasteiger charge is 2.69. The zero-order chi connectivity index (χ0) is 100. The molecule has 0 radical (unpaired) electrons. The first kappa shape index (κ1) is 113. The van der Waals surface area contributed by atoms with Crippen LogP contribution in [0, 0.1) is 47.3 Å². The van der Waals surface area contributed by atoms with Crippen molar-refractivity contribution in [2.24, 2.45) is 47.3 Å². The number of epoxide rings is 1. The first-order chi connectivity index (χ1) is 61.9. The maximum absolute atomic E-state index is 15.1. The zero-order valence-corrected chi connectivity index (χ0v) is 86.9. The third kappa shape index (κ3) is 23.9. The third-order valence-corrected chi connectivity index (χ3v) is 31.6. The van der Waals surface area contributed by atoms with Gasteiger partial charge < -0.3 is 121 Å². The van der Waals surface area contributed by atoms with E-state index in [0.717, 1.165) is 6.54 Å². The lowest BCUT2D eigenvalue weighted by molar-refractivity contribution is -0.339. The highest BCUT2D eigenvalue weighted by molar-refractivity contribution is 5.89. The monoisotopic (exact) mass is 1900 g/mol. The fourth-order valence-corrected chi connectivity index (χ4v) is 23.3. The SMILES string of the molecule is CCNC(=O)CN1C(=O)O[C@]2(C)[C@@H](CC)OC(=O)[C@H](C)[C@@H](O[C@H]3C[C@@](C)(OC)[C@@](O)(CN(C)CCN(C(C)C)C(C)C)[C@H](C)O3)[C@H](C)[C@@H](O[C@@H]3O[C@H](C)C[C@H](N(C)C)[C@H]3O)[C@@](C)(OC)C[C@@H](C)C(=O)[C@H](C)[C@@H]12.CCNC(=O)CN1C(=O)O[C@]2(C)[C@@H](CC)OC(=O)[C@H](C)[C@@H](O[C@H]3C[C@@](C)(OC)[C@@]4(CO4)[C@H](C)O3)[C@H](C)[C@@H](O[C@@H]3O[C@H](C)C[C@H](N(C)C)[C@H]3O)[C@@](C)(OC)C[C@@H](C)C(=O)[C@H](C)[C@@H]12. The summed E-state index contributed by atoms with van der Waals surface area (Å²) in [6, 6.07) is -1.94. The molecule has 0 unspecified atom stereocenters. The number of carbonyl (C=O) groups is 8. The second kappa shape index (κ2) is 45.7. The van der Waals surface area contributed by atoms with Crippen LogP contribution in [0.5, 0.6) is 0 Å². The van der Waals surface area contributed by atoms with Crippen LogP contribution >= 0.6 is 0 Å². The van der Waals surface area contributed by atoms with Gasteiger partial charge in [-0.3, -0.25) is 43.5 Å². The second-order valence-corrected chi connectivity index (χ2v) is 42.2. The highest BCUT2D eigenvalue weighted by Crippen LogP contribution is 2.54. The molecule has 9 heterocycles. The van der Waals surface area contributed by atoms with Crippen LogP contribution in [0.2, 0.25) is 0 Å². The minimum Gasteiger partial charge on any atom is -0.458 e. The first-order valence-corrected chi connectivity index (χ1v) is 48.8. The van der Waals surface area contributed by atoms with Gasteiger partial charge in [-0.05, 0) is 198 Å². The topological polar surface area (TPSA) is 401 Å². The van der Waals surface area contributed by atoms with Crippen molar-refractivity contribution in [2.75, 3.05) is 116 Å². The van der Waals surface area contributed by atoms with Crippen LogP contribution in [0.25, 0.3) is 0 Å². The average molecular weight is 1900 g/mol. The van der Waals surface area contributed by atoms with Crippen molar-refractivity contribution in [3.63, 3.8) is 0 Å². The molecule has 36 atom stereocenters. The number of aliphatic hydroxyl groups excluding tert-OH is 2. The Morgan fingerprint density at radius 1 is 0.504 bits per heavy atom. The fraction of sp³-hybridized carbons (Fsp3) is 0.918. The molecule has 0 bridgehead atoms. The van der Waals surface area contributed by atoms with Gasteiger partial charge in [0.2, 0.25) is 11.8 Å². The van der Waals surface area contributed by atoms with E-state index in [1.54, 1.807) is 97.3 Å². The highest BCUT2D eigenvalue weighted by atomic mass is 16.7. The van der Waals surface area contributed by atoms with Gasteiger partial charge in [-0.2, -0.15) is 0 Å². The number of Topliss-reactive ketones (excluding diaryl/α,β-unsaturated/α-hetero) is 2. The van der Waals surface area contributed by atoms with E-state index in [-0.39, 0.29) is 94.0 Å². The van der Waals surface area contributed by atoms with Crippen molar-refractivity contribution in [1.29, 1.82) is 0 Å². The molecular formula is C97H172N8O28. The molecular weight excluding hydrogens is 1730 g/mol. The van der Waals surface area contributed by atoms with Crippen molar-refractivity contribution >= 4 is 47.5 Å². The normalized spacial score (nSPS) is 43.2. The molecule has 133 heavy (non-hydrogen) atoms. The van der Waals surface area contributed by atoms with E-state index in [2.05, 4.69) is 48.1 Å². The van der Waals surface area contributed by atoms with E-state index < -0.39 is 226 Å². The number of ether oxygens (including phenoxy) is 17. The number of nitrogens with zero attached hydrogens (tertiary/aromatic N) is 6. The molecule has 9 saturated heterocycles. The first-order valence-electron chi connectivity index (χ1n) is 48.8. The number of hydrogen-bond acceptors (Lipinski definition) is 32. The molecule has 4 amide bonds. The van der Waals surface area contributed by atoms with Crippen LogP contribution in [0.1, 0.15) is 231 Å². The summed E-state index contributed by atoms with van der Waals surface area (Å²) in [5.74, 6) is -9.44. The number of aliphatic hydroxyl groups is 3. The number of methoxy groups -OCH3 is 4. The number of hydrogen-bond donors (Lipinski definition) is 5. The van der Waals surface area contributed by atoms with Gasteiger partial charge in [-0.25, -0.2) is 9.59 Å². The van der Waals surface area contributed by atoms with Gasteiger partial charge in [0.15, 0.2) is 36.4 Å². The summed E-state index contributed by atoms with van der Waals surface area (Å²) in [6.07, 6.45) is -13.9. The lowest BCUT2D eigenvalue weighted by Gasteiger charge is -2.54. The number of fused-ring (bicyclic) bond motifs is 2. The van der Waals surface area contributed by atoms with Gasteiger partial charge >= 0.3 is 24.1 Å². The molecule has 36 heteroatoms. The fourth-order valence-electron chi connectivity index (χ4n) is 23.3. The van der Waals surface area contributed by atoms with E-state index >= 15 is 9.59 Å². The molecule has 9 rings (SSSR count). The molecule has 0 aliphatic carbocycles. The quantitative estimate of drug-likeness (QED) is 0.0269. The van der Waals surface area contributed by atoms with Crippen LogP contribution in [-0.2, 0) is 109 Å². The number of esters is 2. The van der Waals surface area contributed by atoms with Crippen LogP contribution in [0.4, 0.5) is 9.59 Å². The summed E-state index contributed by atoms with van der Waals surface area (Å²) < 4.78 is 110. The largest absolute Gasteiger partial charge is 0.458 e. The van der Waals surface area contributed by atoms with Gasteiger partial charge in [0.1, 0.15) is 71.5 Å². The lowest BCUT2D eigenvalue weighted by Crippen LogP contribution is -2.70. The third-order valence-electron chi connectivity index (χ3n) is 31.6. The van der Waals surface area contributed by atoms with Crippen molar-refractivity contribution in [3.8, 4) is 0 Å². The number of ketones is 2. The number of cyclic esters (lactones) is 2. The molecule has 0 saturated carbocycles. The van der Waals surface area contributed by atoms with Gasteiger partial charge in [0.25, 0.3) is 0 Å². The molecule has 9 aliphatic rings. The van der Waals surface area contributed by atoms with E-state index in [1.807, 2.05) is 114 Å². The Hall–Kier alpha value is -5.04. The number of amides is 4. The van der Waals surface area contributed by atoms with E-state index in [4.69, 9.17) is 80.5 Å². The van der Waals surface area contributed by atoms with Crippen molar-refractivity contribution in [1.82, 2.24) is 40.0 Å². The second-order valence-electron chi connectivity index (χ2n) is 42.2. The lowest BCUT2D eigenvalue weighted by atomic mass is 9.73. The van der Waals surface area contributed by atoms with Crippen molar-refractivity contribution in [3.05, 3.63) is 0 Å². The maximum Gasteiger partial charge on any atom is 0.411 e. The predicted octanol–water partition coefficient (Wildman–Crippen LogP) is 7.92. The Kier molecular flexibility index (Phi) is 38.9. The number of carbonyl (C=O) groups excluding carboxylic acids is 8. The van der Waals surface area contributed by atoms with Gasteiger partial charge in [-0.1, -0.05) is 55.4 Å². The Bertz CT molecular complexity index is 3860. The summed E-state index contributed by atoms with van der Waals surface area (Å²) in [6.45, 7) is 50.5. The summed E-state index contributed by atoms with van der Waals surface area (Å²) >= 11 is 0.